The first-order chi connectivity index (χ1) is 15.2. The predicted molar refractivity (Wildman–Crippen MR) is 122 cm³/mol. The number of amides is 3. The number of anilines is 1. The number of rotatable bonds is 10. The molecule has 0 bridgehead atoms. The largest absolute Gasteiger partial charge is 0.344 e. The second kappa shape index (κ2) is 12.4. The normalized spacial score (nSPS) is 13.7. The zero-order valence-electron chi connectivity index (χ0n) is 17.7. The summed E-state index contributed by atoms with van der Waals surface area (Å²) in [6, 6.07) is 11.0. The van der Waals surface area contributed by atoms with Crippen molar-refractivity contribution in [2.24, 2.45) is 11.8 Å². The predicted octanol–water partition coefficient (Wildman–Crippen LogP) is 3.18. The molecule has 0 aliphatic carbocycles. The van der Waals surface area contributed by atoms with E-state index in [0.29, 0.717) is 10.8 Å². The number of benzene rings is 1. The van der Waals surface area contributed by atoms with Crippen molar-refractivity contribution in [2.75, 3.05) is 5.32 Å². The summed E-state index contributed by atoms with van der Waals surface area (Å²) in [6.07, 6.45) is 1.99. The number of halogens is 2. The van der Waals surface area contributed by atoms with Crippen LogP contribution in [0.2, 0.25) is 5.02 Å². The molecule has 2 rings (SSSR count). The lowest BCUT2D eigenvalue weighted by atomic mass is 9.92. The summed E-state index contributed by atoms with van der Waals surface area (Å²) in [7, 11) is 0. The van der Waals surface area contributed by atoms with E-state index in [1.165, 1.54) is 11.7 Å². The number of nitrogens with one attached hydrogen (secondary N) is 3. The molecule has 2 aromatic rings. The highest BCUT2D eigenvalue weighted by Crippen LogP contribution is 2.21. The highest BCUT2D eigenvalue weighted by molar-refractivity contribution is 6.32. The minimum Gasteiger partial charge on any atom is -0.344 e. The SMILES string of the molecule is CC(C)C[C@@H](C(=O)N[C@@H](Cc1ccc(Cl)cc1)C(=O)Nc1ccccn1)[C@@H](Cl)C(=O)NO. The zero-order chi connectivity index (χ0) is 23.7. The molecule has 0 aliphatic heterocycles. The van der Waals surface area contributed by atoms with Crippen LogP contribution in [0.25, 0.3) is 0 Å². The van der Waals surface area contributed by atoms with Gasteiger partial charge in [0, 0.05) is 17.6 Å². The van der Waals surface area contributed by atoms with Gasteiger partial charge < -0.3 is 10.6 Å². The molecule has 32 heavy (non-hydrogen) atoms. The average Bonchev–Trinajstić information content (AvgIpc) is 2.77. The third kappa shape index (κ3) is 7.78. The minimum absolute atomic E-state index is 0.0375. The quantitative estimate of drug-likeness (QED) is 0.236. The molecule has 0 fully saturated rings. The summed E-state index contributed by atoms with van der Waals surface area (Å²) in [5.74, 6) is -2.53. The van der Waals surface area contributed by atoms with Gasteiger partial charge in [0.2, 0.25) is 11.8 Å². The Morgan fingerprint density at radius 3 is 2.28 bits per heavy atom. The second-order valence-electron chi connectivity index (χ2n) is 7.71. The van der Waals surface area contributed by atoms with Crippen LogP contribution in [0.5, 0.6) is 0 Å². The highest BCUT2D eigenvalue weighted by atomic mass is 35.5. The Balaban J connectivity index is 2.25. The van der Waals surface area contributed by atoms with Crippen LogP contribution in [0, 0.1) is 11.8 Å². The van der Waals surface area contributed by atoms with Gasteiger partial charge in [-0.05, 0) is 42.2 Å². The van der Waals surface area contributed by atoms with Gasteiger partial charge in [-0.25, -0.2) is 10.5 Å². The molecule has 1 aromatic heterocycles. The fourth-order valence-corrected chi connectivity index (χ4v) is 3.50. The van der Waals surface area contributed by atoms with E-state index in [2.05, 4.69) is 15.6 Å². The Hall–Kier alpha value is -2.68. The van der Waals surface area contributed by atoms with Gasteiger partial charge in [0.1, 0.15) is 17.2 Å². The molecular weight excluding hydrogens is 455 g/mol. The molecular formula is C22H26Cl2N4O4. The monoisotopic (exact) mass is 480 g/mol. The van der Waals surface area contributed by atoms with Crippen LogP contribution in [-0.2, 0) is 20.8 Å². The molecule has 10 heteroatoms. The van der Waals surface area contributed by atoms with Gasteiger partial charge in [-0.1, -0.05) is 43.6 Å². The van der Waals surface area contributed by atoms with E-state index in [4.69, 9.17) is 28.4 Å². The molecule has 8 nitrogen and oxygen atoms in total. The fraction of sp³-hybridized carbons (Fsp3) is 0.364. The van der Waals surface area contributed by atoms with Crippen molar-refractivity contribution in [1.29, 1.82) is 0 Å². The first-order valence-corrected chi connectivity index (χ1v) is 10.9. The molecule has 0 aliphatic rings. The van der Waals surface area contributed by atoms with Crippen LogP contribution in [0.4, 0.5) is 5.82 Å². The Morgan fingerprint density at radius 1 is 1.03 bits per heavy atom. The molecule has 3 atom stereocenters. The molecule has 1 aromatic carbocycles. The van der Waals surface area contributed by atoms with Crippen molar-refractivity contribution in [2.45, 2.75) is 38.1 Å². The lowest BCUT2D eigenvalue weighted by molar-refractivity contribution is -0.135. The molecule has 4 N–H and O–H groups in total. The lowest BCUT2D eigenvalue weighted by Crippen LogP contribution is -2.50. The number of hydrogen-bond acceptors (Lipinski definition) is 5. The Morgan fingerprint density at radius 2 is 1.72 bits per heavy atom. The lowest BCUT2D eigenvalue weighted by Gasteiger charge is -2.25. The summed E-state index contributed by atoms with van der Waals surface area (Å²) in [6.45, 7) is 3.75. The van der Waals surface area contributed by atoms with Gasteiger partial charge in [-0.15, -0.1) is 11.6 Å². The van der Waals surface area contributed by atoms with Crippen molar-refractivity contribution in [3.63, 3.8) is 0 Å². The van der Waals surface area contributed by atoms with Gasteiger partial charge >= 0.3 is 0 Å². The summed E-state index contributed by atoms with van der Waals surface area (Å²) < 4.78 is 0. The number of carbonyl (C=O) groups excluding carboxylic acids is 3. The van der Waals surface area contributed by atoms with Crippen LogP contribution in [0.1, 0.15) is 25.8 Å². The van der Waals surface area contributed by atoms with Crippen molar-refractivity contribution < 1.29 is 19.6 Å². The van der Waals surface area contributed by atoms with Crippen LogP contribution in [0.15, 0.2) is 48.7 Å². The first-order valence-electron chi connectivity index (χ1n) is 10.1. The third-order valence-corrected chi connectivity index (χ3v) is 5.43. The van der Waals surface area contributed by atoms with Crippen LogP contribution < -0.4 is 16.1 Å². The number of nitrogens with zero attached hydrogens (tertiary/aromatic N) is 1. The van der Waals surface area contributed by atoms with Gasteiger partial charge in [0.05, 0.1) is 5.92 Å². The summed E-state index contributed by atoms with van der Waals surface area (Å²) >= 11 is 12.1. The molecule has 1 heterocycles. The van der Waals surface area contributed by atoms with Gasteiger partial charge in [0.25, 0.3) is 5.91 Å². The summed E-state index contributed by atoms with van der Waals surface area (Å²) in [5.41, 5.74) is 2.25. The molecule has 3 amide bonds. The number of hydrogen-bond donors (Lipinski definition) is 4. The molecule has 0 spiro atoms. The van der Waals surface area contributed by atoms with E-state index in [1.807, 2.05) is 13.8 Å². The smallest absolute Gasteiger partial charge is 0.262 e. The molecule has 0 saturated heterocycles. The van der Waals surface area contributed by atoms with Gasteiger partial charge in [0.15, 0.2) is 0 Å². The number of aromatic nitrogens is 1. The fourth-order valence-electron chi connectivity index (χ4n) is 3.11. The van der Waals surface area contributed by atoms with Crippen LogP contribution in [0.3, 0.4) is 0 Å². The third-order valence-electron chi connectivity index (χ3n) is 4.68. The van der Waals surface area contributed by atoms with E-state index in [9.17, 15) is 14.4 Å². The maximum Gasteiger partial charge on any atom is 0.262 e. The summed E-state index contributed by atoms with van der Waals surface area (Å²) in [5, 5.41) is 13.5. The van der Waals surface area contributed by atoms with E-state index in [-0.39, 0.29) is 18.8 Å². The number of hydroxylamine groups is 1. The minimum atomic E-state index is -1.31. The van der Waals surface area contributed by atoms with Crippen molar-refractivity contribution in [3.05, 3.63) is 59.2 Å². The maximum atomic E-state index is 13.1. The summed E-state index contributed by atoms with van der Waals surface area (Å²) in [4.78, 5) is 42.0. The zero-order valence-corrected chi connectivity index (χ0v) is 19.2. The molecule has 0 unspecified atom stereocenters. The van der Waals surface area contributed by atoms with E-state index in [0.717, 1.165) is 5.56 Å². The number of carbonyl (C=O) groups is 3. The number of alkyl halides is 1. The van der Waals surface area contributed by atoms with Crippen molar-refractivity contribution in [3.8, 4) is 0 Å². The Bertz CT molecular complexity index is 910. The van der Waals surface area contributed by atoms with E-state index >= 15 is 0 Å². The van der Waals surface area contributed by atoms with Crippen LogP contribution in [-0.4, -0.2) is 39.3 Å². The van der Waals surface area contributed by atoms with E-state index < -0.39 is 35.1 Å². The van der Waals surface area contributed by atoms with Crippen molar-refractivity contribution in [1.82, 2.24) is 15.8 Å². The standard InChI is InChI=1S/C22H26Cl2N4O4/c1-13(2)11-16(19(24)22(31)28-32)20(29)26-17(12-14-6-8-15(23)9-7-14)21(30)27-18-5-3-4-10-25-18/h3-10,13,16-17,19,32H,11-12H2,1-2H3,(H,26,29)(H,28,31)(H,25,27,30)/t16-,17+,19-/m1/s1. The van der Waals surface area contributed by atoms with E-state index in [1.54, 1.807) is 42.5 Å². The number of pyridine rings is 1. The Kier molecular flexibility index (Phi) is 9.90. The van der Waals surface area contributed by atoms with Gasteiger partial charge in [-0.2, -0.15) is 0 Å². The Labute approximate surface area is 196 Å². The first kappa shape index (κ1) is 25.6. The topological polar surface area (TPSA) is 120 Å². The molecule has 0 radical (unpaired) electrons. The molecule has 0 saturated carbocycles. The highest BCUT2D eigenvalue weighted by Gasteiger charge is 2.35. The molecule has 172 valence electrons. The average molecular weight is 481 g/mol. The van der Waals surface area contributed by atoms with Crippen molar-refractivity contribution >= 4 is 46.7 Å². The second-order valence-corrected chi connectivity index (χ2v) is 8.62. The van der Waals surface area contributed by atoms with Gasteiger partial charge in [-0.3, -0.25) is 19.6 Å². The maximum absolute atomic E-state index is 13.1. The van der Waals surface area contributed by atoms with Crippen LogP contribution >= 0.6 is 23.2 Å².